The topological polar surface area (TPSA) is 87.5 Å². The molecule has 0 unspecified atom stereocenters. The number of amides is 1. The maximum Gasteiger partial charge on any atom is 0.261 e. The van der Waals surface area contributed by atoms with Crippen molar-refractivity contribution in [3.8, 4) is 22.5 Å². The van der Waals surface area contributed by atoms with Crippen molar-refractivity contribution in [2.75, 3.05) is 24.7 Å². The lowest BCUT2D eigenvalue weighted by Crippen LogP contribution is -2.15. The fraction of sp³-hybridized carbons (Fsp3) is 0.0909. The molecule has 0 fully saturated rings. The van der Waals surface area contributed by atoms with Crippen LogP contribution < -0.4 is 10.6 Å². The third-order valence-corrected chi connectivity index (χ3v) is 6.74. The lowest BCUT2D eigenvalue weighted by atomic mass is 10.0. The van der Waals surface area contributed by atoms with E-state index in [1.54, 1.807) is 28.9 Å². The summed E-state index contributed by atoms with van der Waals surface area (Å²) in [5.41, 5.74) is 5.26. The van der Waals surface area contributed by atoms with E-state index in [2.05, 4.69) is 32.7 Å². The second kappa shape index (κ2) is 11.8. The van der Waals surface area contributed by atoms with Gasteiger partial charge in [0, 0.05) is 35.9 Å². The van der Waals surface area contributed by atoms with Crippen molar-refractivity contribution in [2.45, 2.75) is 6.54 Å². The molecule has 6 rings (SSSR count). The molecule has 0 atom stereocenters. The summed E-state index contributed by atoms with van der Waals surface area (Å²) in [6.07, 6.45) is 3.52. The fourth-order valence-electron chi connectivity index (χ4n) is 4.85. The van der Waals surface area contributed by atoms with Gasteiger partial charge in [-0.05, 0) is 74.3 Å². The van der Waals surface area contributed by atoms with Crippen LogP contribution in [0.4, 0.5) is 26.1 Å². The van der Waals surface area contributed by atoms with Crippen LogP contribution in [0.15, 0.2) is 103 Å². The van der Waals surface area contributed by atoms with E-state index in [9.17, 15) is 13.6 Å². The molecule has 0 aliphatic carbocycles. The van der Waals surface area contributed by atoms with Crippen molar-refractivity contribution < 1.29 is 13.6 Å². The van der Waals surface area contributed by atoms with Gasteiger partial charge in [-0.2, -0.15) is 5.10 Å². The Balaban J connectivity index is 1.34. The SMILES string of the molecule is CN(C)Cc1ccc(Nc2nccc(-c3c(-c4cccc(NC(=O)c5c(F)cccc5F)c4)nn4ccccc34)n2)cc1. The number of halogens is 2. The number of benzene rings is 3. The number of anilines is 3. The Morgan fingerprint density at radius 1 is 0.884 bits per heavy atom. The van der Waals surface area contributed by atoms with Crippen molar-refractivity contribution in [3.63, 3.8) is 0 Å². The predicted molar refractivity (Wildman–Crippen MR) is 163 cm³/mol. The van der Waals surface area contributed by atoms with Crippen molar-refractivity contribution in [3.05, 3.63) is 126 Å². The summed E-state index contributed by atoms with van der Waals surface area (Å²) < 4.78 is 30.2. The van der Waals surface area contributed by atoms with Crippen LogP contribution in [-0.4, -0.2) is 44.5 Å². The van der Waals surface area contributed by atoms with Crippen molar-refractivity contribution in [1.29, 1.82) is 0 Å². The van der Waals surface area contributed by atoms with Gasteiger partial charge < -0.3 is 15.5 Å². The number of fused-ring (bicyclic) bond motifs is 1. The Labute approximate surface area is 246 Å². The first-order valence-corrected chi connectivity index (χ1v) is 13.5. The van der Waals surface area contributed by atoms with Gasteiger partial charge in [-0.25, -0.2) is 23.3 Å². The molecule has 0 spiro atoms. The average molecular weight is 576 g/mol. The van der Waals surface area contributed by atoms with E-state index in [4.69, 9.17) is 10.1 Å². The third-order valence-electron chi connectivity index (χ3n) is 6.74. The molecule has 0 aliphatic rings. The van der Waals surface area contributed by atoms with E-state index >= 15 is 0 Å². The first-order chi connectivity index (χ1) is 20.9. The molecular formula is C33H27F2N7O. The normalized spacial score (nSPS) is 11.2. The predicted octanol–water partition coefficient (Wildman–Crippen LogP) is 6.79. The maximum atomic E-state index is 14.2. The molecule has 214 valence electrons. The lowest BCUT2D eigenvalue weighted by molar-refractivity contribution is 0.101. The number of carbonyl (C=O) groups excluding carboxylic acids is 1. The molecule has 0 saturated carbocycles. The number of pyridine rings is 1. The zero-order chi connectivity index (χ0) is 29.9. The smallest absolute Gasteiger partial charge is 0.261 e. The van der Waals surface area contributed by atoms with Crippen molar-refractivity contribution in [1.82, 2.24) is 24.5 Å². The van der Waals surface area contributed by atoms with E-state index < -0.39 is 23.1 Å². The van der Waals surface area contributed by atoms with Crippen LogP contribution in [0.5, 0.6) is 0 Å². The Morgan fingerprint density at radius 3 is 2.42 bits per heavy atom. The van der Waals surface area contributed by atoms with Gasteiger partial charge in [0.15, 0.2) is 0 Å². The summed E-state index contributed by atoms with van der Waals surface area (Å²) in [5, 5.41) is 10.7. The molecule has 43 heavy (non-hydrogen) atoms. The van der Waals surface area contributed by atoms with Crippen LogP contribution in [-0.2, 0) is 6.54 Å². The number of rotatable bonds is 8. The molecule has 3 heterocycles. The second-order valence-electron chi connectivity index (χ2n) is 10.2. The number of hydrogen-bond acceptors (Lipinski definition) is 6. The summed E-state index contributed by atoms with van der Waals surface area (Å²) in [5.74, 6) is -2.33. The highest BCUT2D eigenvalue weighted by molar-refractivity contribution is 6.05. The second-order valence-corrected chi connectivity index (χ2v) is 10.2. The number of aromatic nitrogens is 4. The molecule has 0 bridgehead atoms. The Kier molecular flexibility index (Phi) is 7.59. The van der Waals surface area contributed by atoms with E-state index in [0.29, 0.717) is 28.6 Å². The van der Waals surface area contributed by atoms with Crippen molar-refractivity contribution in [2.24, 2.45) is 0 Å². The zero-order valence-corrected chi connectivity index (χ0v) is 23.4. The minimum absolute atomic E-state index is 0.357. The minimum Gasteiger partial charge on any atom is -0.324 e. The first-order valence-electron chi connectivity index (χ1n) is 13.5. The molecule has 6 aromatic rings. The lowest BCUT2D eigenvalue weighted by Gasteiger charge is -2.11. The van der Waals surface area contributed by atoms with Crippen LogP contribution >= 0.6 is 0 Å². The summed E-state index contributed by atoms with van der Waals surface area (Å²) in [6.45, 7) is 0.842. The van der Waals surface area contributed by atoms with Crippen LogP contribution in [0.3, 0.4) is 0 Å². The molecule has 8 nitrogen and oxygen atoms in total. The van der Waals surface area contributed by atoms with Crippen LogP contribution in [0, 0.1) is 11.6 Å². The average Bonchev–Trinajstić information content (AvgIpc) is 3.38. The van der Waals surface area contributed by atoms with E-state index in [1.165, 1.54) is 11.6 Å². The molecule has 10 heteroatoms. The quantitative estimate of drug-likeness (QED) is 0.208. The Morgan fingerprint density at radius 2 is 1.65 bits per heavy atom. The van der Waals surface area contributed by atoms with E-state index in [1.807, 2.05) is 62.8 Å². The van der Waals surface area contributed by atoms with Gasteiger partial charge in [0.1, 0.15) is 22.9 Å². The largest absolute Gasteiger partial charge is 0.324 e. The van der Waals surface area contributed by atoms with Crippen LogP contribution in [0.25, 0.3) is 28.0 Å². The minimum atomic E-state index is -0.936. The summed E-state index contributed by atoms with van der Waals surface area (Å²) in [6, 6.07) is 25.9. The number of nitrogens with zero attached hydrogens (tertiary/aromatic N) is 5. The highest BCUT2D eigenvalue weighted by Gasteiger charge is 2.20. The van der Waals surface area contributed by atoms with Gasteiger partial charge in [0.25, 0.3) is 5.91 Å². The number of hydrogen-bond donors (Lipinski definition) is 2. The van der Waals surface area contributed by atoms with Gasteiger partial charge in [0.2, 0.25) is 5.95 Å². The fourth-order valence-corrected chi connectivity index (χ4v) is 4.85. The van der Waals surface area contributed by atoms with Crippen LogP contribution in [0.1, 0.15) is 15.9 Å². The van der Waals surface area contributed by atoms with Gasteiger partial charge in [-0.15, -0.1) is 0 Å². The Hall–Kier alpha value is -5.48. The molecule has 0 radical (unpaired) electrons. The van der Waals surface area contributed by atoms with Gasteiger partial charge in [0.05, 0.1) is 16.8 Å². The molecule has 0 aliphatic heterocycles. The van der Waals surface area contributed by atoms with Gasteiger partial charge in [-0.1, -0.05) is 36.4 Å². The van der Waals surface area contributed by atoms with Crippen molar-refractivity contribution >= 4 is 28.7 Å². The molecule has 0 saturated heterocycles. The monoisotopic (exact) mass is 575 g/mol. The highest BCUT2D eigenvalue weighted by Crippen LogP contribution is 2.35. The number of carbonyl (C=O) groups is 1. The Bertz CT molecular complexity index is 1920. The molecule has 1 amide bonds. The third kappa shape index (κ3) is 5.95. The summed E-state index contributed by atoms with van der Waals surface area (Å²) in [7, 11) is 4.05. The molecular weight excluding hydrogens is 548 g/mol. The zero-order valence-electron chi connectivity index (χ0n) is 23.4. The summed E-state index contributed by atoms with van der Waals surface area (Å²) in [4.78, 5) is 24.1. The van der Waals surface area contributed by atoms with Crippen LogP contribution in [0.2, 0.25) is 0 Å². The van der Waals surface area contributed by atoms with Gasteiger partial charge >= 0.3 is 0 Å². The standard InChI is InChI=1S/C33H27F2N7O/c1-41(2)20-21-12-14-23(15-13-21)38-33-36-17-16-27(39-33)30-28-11-3-4-18-42(28)40-31(30)22-7-5-8-24(19-22)37-32(43)29-25(34)9-6-10-26(29)35/h3-19H,20H2,1-2H3,(H,37,43)(H,36,38,39). The number of nitrogens with one attached hydrogen (secondary N) is 2. The maximum absolute atomic E-state index is 14.2. The summed E-state index contributed by atoms with van der Waals surface area (Å²) >= 11 is 0. The molecule has 2 N–H and O–H groups in total. The molecule has 3 aromatic heterocycles. The highest BCUT2D eigenvalue weighted by atomic mass is 19.1. The van der Waals surface area contributed by atoms with E-state index in [0.717, 1.165) is 35.4 Å². The molecule has 3 aromatic carbocycles. The first kappa shape index (κ1) is 27.7. The van der Waals surface area contributed by atoms with E-state index in [-0.39, 0.29) is 0 Å². The van der Waals surface area contributed by atoms with Gasteiger partial charge in [-0.3, -0.25) is 4.79 Å².